The Balaban J connectivity index is 2.15. The van der Waals surface area contributed by atoms with Gasteiger partial charge in [-0.2, -0.15) is 0 Å². The highest BCUT2D eigenvalue weighted by Crippen LogP contribution is 2.13. The molecule has 0 unspecified atom stereocenters. The third kappa shape index (κ3) is 8.13. The third-order valence-electron chi connectivity index (χ3n) is 3.42. The molecule has 0 spiro atoms. The number of nitrogens with one attached hydrogen (secondary N) is 1. The zero-order valence-electron chi connectivity index (χ0n) is 11.8. The van der Waals surface area contributed by atoms with Gasteiger partial charge in [0.25, 0.3) is 0 Å². The number of alkyl halides is 2. The fourth-order valence-electron chi connectivity index (χ4n) is 2.27. The summed E-state index contributed by atoms with van der Waals surface area (Å²) in [6.07, 6.45) is 14.6. The molecule has 1 rings (SSSR count). The second-order valence-electron chi connectivity index (χ2n) is 5.03. The smallest absolute Gasteiger partial charge is 0.0925 e. The van der Waals surface area contributed by atoms with E-state index < -0.39 is 0 Å². The molecule has 0 saturated carbocycles. The second kappa shape index (κ2) is 12.0. The van der Waals surface area contributed by atoms with Crippen molar-refractivity contribution in [3.8, 4) is 0 Å². The van der Waals surface area contributed by atoms with E-state index in [1.165, 1.54) is 69.2 Å². The van der Waals surface area contributed by atoms with Crippen LogP contribution in [0.4, 0.5) is 0 Å². The summed E-state index contributed by atoms with van der Waals surface area (Å²) in [5.74, 6) is 0. The molecular weight excluding hydrogens is 368 g/mol. The van der Waals surface area contributed by atoms with Gasteiger partial charge in [-0.05, 0) is 38.5 Å². The maximum Gasteiger partial charge on any atom is 0.0925 e. The van der Waals surface area contributed by atoms with Gasteiger partial charge in [-0.15, -0.1) is 0 Å². The molecule has 0 saturated heterocycles. The normalized spacial score (nSPS) is 11.1. The lowest BCUT2D eigenvalue weighted by molar-refractivity contribution is 0.647. The molecule has 0 amide bonds. The van der Waals surface area contributed by atoms with Crippen molar-refractivity contribution in [2.45, 2.75) is 64.2 Å². The van der Waals surface area contributed by atoms with Crippen LogP contribution in [-0.4, -0.2) is 20.6 Å². The van der Waals surface area contributed by atoms with Crippen LogP contribution < -0.4 is 0 Å². The van der Waals surface area contributed by atoms with Crippen molar-refractivity contribution in [1.82, 2.24) is 9.97 Å². The molecule has 0 radical (unpaired) electrons. The van der Waals surface area contributed by atoms with Gasteiger partial charge in [-0.3, -0.25) is 0 Å². The number of rotatable bonds is 12. The number of hydrogen-bond donors (Lipinski definition) is 1. The van der Waals surface area contributed by atoms with E-state index in [0.717, 1.165) is 17.1 Å². The highest BCUT2D eigenvalue weighted by molar-refractivity contribution is 9.09. The number of halogens is 2. The van der Waals surface area contributed by atoms with E-state index in [0.29, 0.717) is 0 Å². The van der Waals surface area contributed by atoms with Crippen LogP contribution in [0.5, 0.6) is 0 Å². The lowest BCUT2D eigenvalue weighted by Crippen LogP contribution is -1.95. The minimum atomic E-state index is 1.13. The Kier molecular flexibility index (Phi) is 10.8. The van der Waals surface area contributed by atoms with Crippen LogP contribution in [-0.2, 0) is 12.8 Å². The summed E-state index contributed by atoms with van der Waals surface area (Å²) in [5.41, 5.74) is 2.68. The van der Waals surface area contributed by atoms with Crippen LogP contribution in [0, 0.1) is 0 Å². The SMILES string of the molecule is BrCCCCCCc1nc[nH]c1CCCCCCBr. The van der Waals surface area contributed by atoms with E-state index in [1.807, 2.05) is 6.33 Å². The lowest BCUT2D eigenvalue weighted by atomic mass is 10.1. The van der Waals surface area contributed by atoms with Gasteiger partial charge in [0.2, 0.25) is 0 Å². The van der Waals surface area contributed by atoms with Gasteiger partial charge in [-0.1, -0.05) is 57.5 Å². The van der Waals surface area contributed by atoms with E-state index in [2.05, 4.69) is 41.8 Å². The molecule has 19 heavy (non-hydrogen) atoms. The molecule has 1 N–H and O–H groups in total. The van der Waals surface area contributed by atoms with Gasteiger partial charge in [0, 0.05) is 16.4 Å². The average molecular weight is 394 g/mol. The van der Waals surface area contributed by atoms with Crippen molar-refractivity contribution in [2.75, 3.05) is 10.7 Å². The Morgan fingerprint density at radius 3 is 2.00 bits per heavy atom. The molecule has 110 valence electrons. The standard InChI is InChI=1S/C15H26Br2N2/c16-11-7-3-1-5-9-14-15(19-13-18-14)10-6-2-4-8-12-17/h13H,1-12H2,(H,18,19). The molecule has 0 aliphatic carbocycles. The molecule has 0 aliphatic rings. The number of aromatic nitrogens is 2. The van der Waals surface area contributed by atoms with E-state index in [-0.39, 0.29) is 0 Å². The van der Waals surface area contributed by atoms with Crippen LogP contribution in [0.25, 0.3) is 0 Å². The van der Waals surface area contributed by atoms with Crippen LogP contribution >= 0.6 is 31.9 Å². The zero-order chi connectivity index (χ0) is 13.8. The molecule has 2 nitrogen and oxygen atoms in total. The Labute approximate surface area is 134 Å². The summed E-state index contributed by atoms with van der Waals surface area (Å²) >= 11 is 6.96. The van der Waals surface area contributed by atoms with E-state index >= 15 is 0 Å². The largest absolute Gasteiger partial charge is 0.348 e. The summed E-state index contributed by atoms with van der Waals surface area (Å²) in [6.45, 7) is 0. The van der Waals surface area contributed by atoms with Gasteiger partial charge >= 0.3 is 0 Å². The summed E-state index contributed by atoms with van der Waals surface area (Å²) < 4.78 is 0. The van der Waals surface area contributed by atoms with Gasteiger partial charge in [0.15, 0.2) is 0 Å². The average Bonchev–Trinajstić information content (AvgIpc) is 2.86. The van der Waals surface area contributed by atoms with Gasteiger partial charge in [0.05, 0.1) is 12.0 Å². The molecule has 0 fully saturated rings. The minimum absolute atomic E-state index is 1.13. The maximum absolute atomic E-state index is 4.48. The van der Waals surface area contributed by atoms with Crippen LogP contribution in [0.1, 0.15) is 62.8 Å². The number of unbranched alkanes of at least 4 members (excludes halogenated alkanes) is 6. The highest BCUT2D eigenvalue weighted by Gasteiger charge is 2.05. The highest BCUT2D eigenvalue weighted by atomic mass is 79.9. The number of imidazole rings is 1. The molecule has 0 aliphatic heterocycles. The number of nitrogens with zero attached hydrogens (tertiary/aromatic N) is 1. The molecule has 0 bridgehead atoms. The molecule has 0 atom stereocenters. The van der Waals surface area contributed by atoms with Crippen molar-refractivity contribution in [3.63, 3.8) is 0 Å². The zero-order valence-corrected chi connectivity index (χ0v) is 14.9. The maximum atomic E-state index is 4.48. The van der Waals surface area contributed by atoms with Crippen LogP contribution in [0.3, 0.4) is 0 Å². The lowest BCUT2D eigenvalue weighted by Gasteiger charge is -2.03. The first-order chi connectivity index (χ1) is 9.38. The quantitative estimate of drug-likeness (QED) is 0.373. The first-order valence-electron chi connectivity index (χ1n) is 7.51. The summed E-state index contributed by atoms with van der Waals surface area (Å²) in [6, 6.07) is 0. The molecule has 1 aromatic heterocycles. The fourth-order valence-corrected chi connectivity index (χ4v) is 3.06. The fraction of sp³-hybridized carbons (Fsp3) is 0.800. The first-order valence-corrected chi connectivity index (χ1v) is 9.76. The van der Waals surface area contributed by atoms with Crippen molar-refractivity contribution < 1.29 is 0 Å². The number of aromatic amines is 1. The van der Waals surface area contributed by atoms with Crippen molar-refractivity contribution in [2.24, 2.45) is 0 Å². The predicted molar refractivity (Wildman–Crippen MR) is 90.5 cm³/mol. The molecule has 4 heteroatoms. The van der Waals surface area contributed by atoms with Crippen LogP contribution in [0.2, 0.25) is 0 Å². The monoisotopic (exact) mass is 392 g/mol. The van der Waals surface area contributed by atoms with E-state index in [4.69, 9.17) is 0 Å². The second-order valence-corrected chi connectivity index (χ2v) is 6.62. The molecular formula is C15H26Br2N2. The summed E-state index contributed by atoms with van der Waals surface area (Å²) in [4.78, 5) is 7.80. The van der Waals surface area contributed by atoms with Crippen molar-refractivity contribution >= 4 is 31.9 Å². The number of hydrogen-bond acceptors (Lipinski definition) is 1. The third-order valence-corrected chi connectivity index (χ3v) is 4.54. The van der Waals surface area contributed by atoms with Gasteiger partial charge in [0.1, 0.15) is 0 Å². The number of H-pyrrole nitrogens is 1. The Morgan fingerprint density at radius 2 is 1.37 bits per heavy atom. The Bertz CT molecular complexity index is 284. The minimum Gasteiger partial charge on any atom is -0.348 e. The predicted octanol–water partition coefficient (Wildman–Crippen LogP) is 5.41. The molecule has 1 aromatic rings. The molecule has 1 heterocycles. The first kappa shape index (κ1) is 17.2. The number of aryl methyl sites for hydroxylation is 2. The van der Waals surface area contributed by atoms with Crippen molar-refractivity contribution in [1.29, 1.82) is 0 Å². The molecule has 0 aromatic carbocycles. The van der Waals surface area contributed by atoms with E-state index in [1.54, 1.807) is 0 Å². The van der Waals surface area contributed by atoms with Gasteiger partial charge < -0.3 is 4.98 Å². The van der Waals surface area contributed by atoms with Crippen molar-refractivity contribution in [3.05, 3.63) is 17.7 Å². The van der Waals surface area contributed by atoms with Gasteiger partial charge in [-0.25, -0.2) is 4.98 Å². The van der Waals surface area contributed by atoms with E-state index in [9.17, 15) is 0 Å². The summed E-state index contributed by atoms with van der Waals surface area (Å²) in [5, 5.41) is 2.27. The summed E-state index contributed by atoms with van der Waals surface area (Å²) in [7, 11) is 0. The Hall–Kier alpha value is 0.170. The topological polar surface area (TPSA) is 28.7 Å². The Morgan fingerprint density at radius 1 is 0.789 bits per heavy atom. The van der Waals surface area contributed by atoms with Crippen LogP contribution in [0.15, 0.2) is 6.33 Å².